The van der Waals surface area contributed by atoms with Crippen LogP contribution < -0.4 is 0 Å². The van der Waals surface area contributed by atoms with E-state index in [2.05, 4.69) is 13.8 Å². The zero-order valence-electron chi connectivity index (χ0n) is 12.4. The molecule has 3 heteroatoms. The maximum Gasteiger partial charge on any atom is 0.337 e. The lowest BCUT2D eigenvalue weighted by molar-refractivity contribution is 0.241. The minimum Gasteiger partial charge on any atom is -0.398 e. The molecule has 0 fully saturated rings. The second kappa shape index (κ2) is 11.2. The molecule has 2 nitrogen and oxygen atoms in total. The Kier molecular flexibility index (Phi) is 11.3. The third-order valence-corrected chi connectivity index (χ3v) is 7.37. The third-order valence-electron chi connectivity index (χ3n) is 3.69. The quantitative estimate of drug-likeness (QED) is 0.368. The van der Waals surface area contributed by atoms with Gasteiger partial charge in [0.05, 0.1) is 0 Å². The van der Waals surface area contributed by atoms with E-state index >= 15 is 0 Å². The summed E-state index contributed by atoms with van der Waals surface area (Å²) < 4.78 is 11.2. The second-order valence-corrected chi connectivity index (χ2v) is 8.74. The monoisotopic (exact) mass is 260 g/mol. The van der Waals surface area contributed by atoms with Gasteiger partial charge in [-0.1, -0.05) is 65.2 Å². The summed E-state index contributed by atoms with van der Waals surface area (Å²) in [5.74, 6) is 0. The molecule has 0 bridgehead atoms. The molecule has 0 rings (SSSR count). The highest BCUT2D eigenvalue weighted by Gasteiger charge is 2.32. The Hall–Kier alpha value is 0.137. The first-order valence-corrected chi connectivity index (χ1v) is 9.58. The van der Waals surface area contributed by atoms with E-state index < -0.39 is 8.56 Å². The topological polar surface area (TPSA) is 18.5 Å². The minimum atomic E-state index is -1.80. The lowest BCUT2D eigenvalue weighted by Crippen LogP contribution is -2.38. The van der Waals surface area contributed by atoms with Crippen molar-refractivity contribution in [2.24, 2.45) is 0 Å². The molecule has 0 heterocycles. The predicted octanol–water partition coefficient (Wildman–Crippen LogP) is 4.88. The van der Waals surface area contributed by atoms with Crippen molar-refractivity contribution in [3.63, 3.8) is 0 Å². The molecule has 0 radical (unpaired) electrons. The Morgan fingerprint density at radius 2 is 1.18 bits per heavy atom. The molecule has 0 saturated heterocycles. The van der Waals surface area contributed by atoms with Crippen LogP contribution in [0.3, 0.4) is 0 Å². The Labute approximate surface area is 109 Å². The van der Waals surface area contributed by atoms with E-state index in [1.807, 2.05) is 14.2 Å². The fourth-order valence-electron chi connectivity index (χ4n) is 2.28. The summed E-state index contributed by atoms with van der Waals surface area (Å²) in [6.45, 7) is 4.45. The molecule has 0 spiro atoms. The van der Waals surface area contributed by atoms with E-state index in [9.17, 15) is 0 Å². The summed E-state index contributed by atoms with van der Waals surface area (Å²) in [5, 5.41) is 0. The summed E-state index contributed by atoms with van der Waals surface area (Å²) in [4.78, 5) is 0. The van der Waals surface area contributed by atoms with Crippen molar-refractivity contribution in [1.82, 2.24) is 0 Å². The van der Waals surface area contributed by atoms with Crippen LogP contribution in [0.1, 0.15) is 65.2 Å². The highest BCUT2D eigenvalue weighted by molar-refractivity contribution is 6.67. The van der Waals surface area contributed by atoms with Gasteiger partial charge in [-0.25, -0.2) is 0 Å². The largest absolute Gasteiger partial charge is 0.398 e. The molecule has 0 aromatic carbocycles. The Balaban J connectivity index is 3.43. The van der Waals surface area contributed by atoms with Crippen molar-refractivity contribution >= 4 is 8.56 Å². The third kappa shape index (κ3) is 7.95. The molecular weight excluding hydrogens is 228 g/mol. The minimum absolute atomic E-state index is 1.07. The van der Waals surface area contributed by atoms with Crippen molar-refractivity contribution in [3.05, 3.63) is 0 Å². The maximum atomic E-state index is 5.61. The van der Waals surface area contributed by atoms with Crippen LogP contribution in [-0.2, 0) is 8.85 Å². The number of unbranched alkanes of at least 4 members (excludes halogenated alkanes) is 7. The van der Waals surface area contributed by atoms with E-state index in [-0.39, 0.29) is 0 Å². The predicted molar refractivity (Wildman–Crippen MR) is 77.7 cm³/mol. The summed E-state index contributed by atoms with van der Waals surface area (Å²) >= 11 is 0. The molecule has 0 aromatic heterocycles. The fourth-order valence-corrected chi connectivity index (χ4v) is 4.58. The van der Waals surface area contributed by atoms with Gasteiger partial charge in [-0.05, 0) is 12.1 Å². The first kappa shape index (κ1) is 17.1. The van der Waals surface area contributed by atoms with Crippen molar-refractivity contribution in [1.29, 1.82) is 0 Å². The van der Waals surface area contributed by atoms with Crippen LogP contribution in [0.2, 0.25) is 12.1 Å². The van der Waals surface area contributed by atoms with Crippen LogP contribution in [0.5, 0.6) is 0 Å². The lowest BCUT2D eigenvalue weighted by atomic mass is 10.1. The van der Waals surface area contributed by atoms with Crippen LogP contribution >= 0.6 is 0 Å². The number of rotatable bonds is 12. The van der Waals surface area contributed by atoms with Gasteiger partial charge >= 0.3 is 8.56 Å². The molecule has 0 saturated carbocycles. The molecule has 0 unspecified atom stereocenters. The Bertz CT molecular complexity index is 150. The average molecular weight is 260 g/mol. The maximum absolute atomic E-state index is 5.61. The SMILES string of the molecule is CCCCCCCCCC[Si](CC)(OC)OC. The van der Waals surface area contributed by atoms with Gasteiger partial charge in [-0.15, -0.1) is 0 Å². The summed E-state index contributed by atoms with van der Waals surface area (Å²) in [6.07, 6.45) is 11.0. The molecule has 0 aliphatic rings. The first-order valence-electron chi connectivity index (χ1n) is 7.35. The summed E-state index contributed by atoms with van der Waals surface area (Å²) in [5.41, 5.74) is 0. The van der Waals surface area contributed by atoms with Gasteiger partial charge in [0.2, 0.25) is 0 Å². The van der Waals surface area contributed by atoms with E-state index in [0.29, 0.717) is 0 Å². The van der Waals surface area contributed by atoms with Gasteiger partial charge in [-0.2, -0.15) is 0 Å². The molecule has 17 heavy (non-hydrogen) atoms. The molecule has 0 N–H and O–H groups in total. The Morgan fingerprint density at radius 3 is 1.59 bits per heavy atom. The van der Waals surface area contributed by atoms with E-state index in [1.165, 1.54) is 51.4 Å². The van der Waals surface area contributed by atoms with E-state index in [4.69, 9.17) is 8.85 Å². The van der Waals surface area contributed by atoms with Gasteiger partial charge in [-0.3, -0.25) is 0 Å². The molecular formula is C14H32O2Si. The molecule has 104 valence electrons. The lowest BCUT2D eigenvalue weighted by Gasteiger charge is -2.25. The average Bonchev–Trinajstić information content (AvgIpc) is 2.38. The van der Waals surface area contributed by atoms with E-state index in [1.54, 1.807) is 0 Å². The summed E-state index contributed by atoms with van der Waals surface area (Å²) in [6, 6.07) is 2.22. The van der Waals surface area contributed by atoms with Gasteiger partial charge in [0.25, 0.3) is 0 Å². The fraction of sp³-hybridized carbons (Fsp3) is 1.00. The van der Waals surface area contributed by atoms with Crippen LogP contribution in [0.25, 0.3) is 0 Å². The highest BCUT2D eigenvalue weighted by atomic mass is 28.4. The molecule has 0 atom stereocenters. The molecule has 0 aromatic rings. The van der Waals surface area contributed by atoms with Crippen LogP contribution in [-0.4, -0.2) is 22.8 Å². The smallest absolute Gasteiger partial charge is 0.337 e. The Morgan fingerprint density at radius 1 is 0.706 bits per heavy atom. The van der Waals surface area contributed by atoms with Gasteiger partial charge < -0.3 is 8.85 Å². The first-order chi connectivity index (χ1) is 8.24. The van der Waals surface area contributed by atoms with Crippen LogP contribution in [0, 0.1) is 0 Å². The number of hydrogen-bond donors (Lipinski definition) is 0. The van der Waals surface area contributed by atoms with Gasteiger partial charge in [0, 0.05) is 14.2 Å². The van der Waals surface area contributed by atoms with Crippen LogP contribution in [0.15, 0.2) is 0 Å². The van der Waals surface area contributed by atoms with Crippen molar-refractivity contribution in [3.8, 4) is 0 Å². The zero-order chi connectivity index (χ0) is 13.0. The van der Waals surface area contributed by atoms with Gasteiger partial charge in [0.1, 0.15) is 0 Å². The highest BCUT2D eigenvalue weighted by Crippen LogP contribution is 2.21. The van der Waals surface area contributed by atoms with Crippen LogP contribution in [0.4, 0.5) is 0 Å². The molecule has 0 amide bonds. The van der Waals surface area contributed by atoms with Gasteiger partial charge in [0.15, 0.2) is 0 Å². The van der Waals surface area contributed by atoms with Crippen molar-refractivity contribution in [2.75, 3.05) is 14.2 Å². The summed E-state index contributed by atoms with van der Waals surface area (Å²) in [7, 11) is 1.82. The number of hydrogen-bond acceptors (Lipinski definition) is 2. The standard InChI is InChI=1S/C14H32O2Si/c1-5-7-8-9-10-11-12-13-14-17(6-2,15-3)16-4/h5-14H2,1-4H3. The van der Waals surface area contributed by atoms with Crippen molar-refractivity contribution < 1.29 is 8.85 Å². The van der Waals surface area contributed by atoms with Crippen molar-refractivity contribution in [2.45, 2.75) is 77.3 Å². The normalized spacial score (nSPS) is 12.0. The zero-order valence-corrected chi connectivity index (χ0v) is 13.4. The second-order valence-electron chi connectivity index (χ2n) is 4.90. The molecule has 0 aliphatic heterocycles. The molecule has 0 aliphatic carbocycles. The van der Waals surface area contributed by atoms with E-state index in [0.717, 1.165) is 12.1 Å².